The van der Waals surface area contributed by atoms with Crippen molar-refractivity contribution in [1.29, 1.82) is 0 Å². The Morgan fingerprint density at radius 3 is 2.76 bits per heavy atom. The third kappa shape index (κ3) is 3.74. The van der Waals surface area contributed by atoms with Gasteiger partial charge in [-0.2, -0.15) is 0 Å². The molecular formula is C15H19ClN2O3. The van der Waals surface area contributed by atoms with Crippen LogP contribution in [0.2, 0.25) is 5.02 Å². The molecule has 114 valence electrons. The molecule has 2 N–H and O–H groups in total. The average Bonchev–Trinajstić information content (AvgIpc) is 2.82. The summed E-state index contributed by atoms with van der Waals surface area (Å²) in [5.74, 6) is -1.11. The minimum Gasteiger partial charge on any atom is -0.480 e. The van der Waals surface area contributed by atoms with Gasteiger partial charge < -0.3 is 10.4 Å². The van der Waals surface area contributed by atoms with Crippen molar-refractivity contribution >= 4 is 29.2 Å². The van der Waals surface area contributed by atoms with Crippen molar-refractivity contribution in [2.75, 3.05) is 18.4 Å². The van der Waals surface area contributed by atoms with E-state index in [-0.39, 0.29) is 12.5 Å². The number of benzene rings is 1. The summed E-state index contributed by atoms with van der Waals surface area (Å²) in [6.07, 6.45) is 1.39. The van der Waals surface area contributed by atoms with Crippen LogP contribution in [-0.2, 0) is 9.59 Å². The Bertz CT molecular complexity index is 551. The highest BCUT2D eigenvalue weighted by Gasteiger charge is 2.31. The summed E-state index contributed by atoms with van der Waals surface area (Å²) in [7, 11) is 0. The molecule has 0 aliphatic carbocycles. The first-order valence-electron chi connectivity index (χ1n) is 6.92. The summed E-state index contributed by atoms with van der Waals surface area (Å²) in [6, 6.07) is 3.17. The molecule has 0 radical (unpaired) electrons. The fourth-order valence-electron chi connectivity index (χ4n) is 2.73. The van der Waals surface area contributed by atoms with Gasteiger partial charge in [-0.15, -0.1) is 0 Å². The number of carboxylic acids is 1. The number of amides is 1. The normalized spacial score (nSPS) is 18.7. The summed E-state index contributed by atoms with van der Waals surface area (Å²) in [6.45, 7) is 4.52. The zero-order valence-electron chi connectivity index (χ0n) is 12.1. The Hall–Kier alpha value is -1.59. The molecule has 0 bridgehead atoms. The number of hydrogen-bond donors (Lipinski definition) is 2. The molecule has 1 aliphatic heterocycles. The maximum absolute atomic E-state index is 12.1. The smallest absolute Gasteiger partial charge is 0.320 e. The van der Waals surface area contributed by atoms with Crippen LogP contribution in [0.4, 0.5) is 5.69 Å². The van der Waals surface area contributed by atoms with E-state index in [1.807, 2.05) is 19.9 Å². The van der Waals surface area contributed by atoms with Crippen LogP contribution in [0.15, 0.2) is 12.1 Å². The van der Waals surface area contributed by atoms with Gasteiger partial charge in [0.25, 0.3) is 0 Å². The topological polar surface area (TPSA) is 69.6 Å². The molecule has 1 unspecified atom stereocenters. The van der Waals surface area contributed by atoms with Crippen molar-refractivity contribution in [1.82, 2.24) is 4.90 Å². The lowest BCUT2D eigenvalue weighted by molar-refractivity contribution is -0.142. The first-order chi connectivity index (χ1) is 9.88. The molecule has 21 heavy (non-hydrogen) atoms. The Kier molecular flexibility index (Phi) is 4.85. The van der Waals surface area contributed by atoms with Gasteiger partial charge in [0.05, 0.1) is 17.3 Å². The molecule has 6 heteroatoms. The fourth-order valence-corrected chi connectivity index (χ4v) is 3.10. The number of rotatable bonds is 4. The second kappa shape index (κ2) is 6.45. The molecule has 1 atom stereocenters. The van der Waals surface area contributed by atoms with Crippen molar-refractivity contribution in [2.24, 2.45) is 0 Å². The van der Waals surface area contributed by atoms with Gasteiger partial charge in [-0.1, -0.05) is 17.7 Å². The van der Waals surface area contributed by atoms with Gasteiger partial charge in [0.1, 0.15) is 6.04 Å². The summed E-state index contributed by atoms with van der Waals surface area (Å²) in [5.41, 5.74) is 2.52. The number of nitrogens with one attached hydrogen (secondary N) is 1. The van der Waals surface area contributed by atoms with Crippen LogP contribution >= 0.6 is 11.6 Å². The number of carboxylic acid groups (broad SMARTS) is 1. The predicted molar refractivity (Wildman–Crippen MR) is 81.8 cm³/mol. The standard InChI is InChI=1S/C15H19ClN2O3/c1-9-6-10(2)14(11(16)7-9)17-13(19)8-18-5-3-4-12(18)15(20)21/h6-7,12H,3-5,8H2,1-2H3,(H,17,19)(H,20,21). The lowest BCUT2D eigenvalue weighted by atomic mass is 10.1. The summed E-state index contributed by atoms with van der Waals surface area (Å²) in [4.78, 5) is 24.9. The van der Waals surface area contributed by atoms with Gasteiger partial charge in [0, 0.05) is 0 Å². The number of carbonyl (C=O) groups is 2. The van der Waals surface area contributed by atoms with Gasteiger partial charge in [-0.05, 0) is 50.4 Å². The van der Waals surface area contributed by atoms with Crippen LogP contribution in [0.1, 0.15) is 24.0 Å². The molecule has 0 aromatic heterocycles. The zero-order valence-corrected chi connectivity index (χ0v) is 12.9. The Morgan fingerprint density at radius 1 is 1.43 bits per heavy atom. The fraction of sp³-hybridized carbons (Fsp3) is 0.467. The van der Waals surface area contributed by atoms with E-state index in [2.05, 4.69) is 5.32 Å². The Labute approximate surface area is 128 Å². The molecule has 5 nitrogen and oxygen atoms in total. The van der Waals surface area contributed by atoms with Gasteiger partial charge in [-0.3, -0.25) is 14.5 Å². The first kappa shape index (κ1) is 15.8. The van der Waals surface area contributed by atoms with Crippen molar-refractivity contribution in [3.63, 3.8) is 0 Å². The van der Waals surface area contributed by atoms with Crippen molar-refractivity contribution in [3.05, 3.63) is 28.3 Å². The minimum absolute atomic E-state index is 0.0701. The number of anilines is 1. The molecular weight excluding hydrogens is 292 g/mol. The Morgan fingerprint density at radius 2 is 2.14 bits per heavy atom. The maximum atomic E-state index is 12.1. The molecule has 1 saturated heterocycles. The van der Waals surface area contributed by atoms with Crippen molar-refractivity contribution < 1.29 is 14.7 Å². The molecule has 2 rings (SSSR count). The number of aryl methyl sites for hydroxylation is 2. The van der Waals surface area contributed by atoms with Crippen molar-refractivity contribution in [2.45, 2.75) is 32.7 Å². The van der Waals surface area contributed by atoms with Crippen LogP contribution in [0.5, 0.6) is 0 Å². The average molecular weight is 311 g/mol. The van der Waals surface area contributed by atoms with Gasteiger partial charge in [-0.25, -0.2) is 0 Å². The molecule has 1 aromatic carbocycles. The quantitative estimate of drug-likeness (QED) is 0.896. The first-order valence-corrected chi connectivity index (χ1v) is 7.29. The molecule has 1 aliphatic rings. The highest BCUT2D eigenvalue weighted by molar-refractivity contribution is 6.34. The lowest BCUT2D eigenvalue weighted by Crippen LogP contribution is -2.41. The van der Waals surface area contributed by atoms with E-state index in [9.17, 15) is 9.59 Å². The molecule has 1 aromatic rings. The van der Waals surface area contributed by atoms with Gasteiger partial charge in [0.2, 0.25) is 5.91 Å². The van der Waals surface area contributed by atoms with E-state index in [1.54, 1.807) is 11.0 Å². The molecule has 0 spiro atoms. The van der Waals surface area contributed by atoms with E-state index in [1.165, 1.54) is 0 Å². The highest BCUT2D eigenvalue weighted by atomic mass is 35.5. The number of aliphatic carboxylic acids is 1. The minimum atomic E-state index is -0.871. The monoisotopic (exact) mass is 310 g/mol. The summed E-state index contributed by atoms with van der Waals surface area (Å²) in [5, 5.41) is 12.4. The number of likely N-dealkylation sites (tertiary alicyclic amines) is 1. The zero-order chi connectivity index (χ0) is 15.6. The van der Waals surface area contributed by atoms with Crippen LogP contribution in [0, 0.1) is 13.8 Å². The predicted octanol–water partition coefficient (Wildman–Crippen LogP) is 2.44. The van der Waals surface area contributed by atoms with Crippen LogP contribution < -0.4 is 5.32 Å². The number of hydrogen-bond acceptors (Lipinski definition) is 3. The van der Waals surface area contributed by atoms with E-state index >= 15 is 0 Å². The van der Waals surface area contributed by atoms with Gasteiger partial charge >= 0.3 is 5.97 Å². The summed E-state index contributed by atoms with van der Waals surface area (Å²) < 4.78 is 0. The highest BCUT2D eigenvalue weighted by Crippen LogP contribution is 2.27. The van der Waals surface area contributed by atoms with Gasteiger partial charge in [0.15, 0.2) is 0 Å². The van der Waals surface area contributed by atoms with Crippen LogP contribution in [0.25, 0.3) is 0 Å². The van der Waals surface area contributed by atoms with E-state index in [4.69, 9.17) is 16.7 Å². The molecule has 1 amide bonds. The van der Waals surface area contributed by atoms with Crippen LogP contribution in [-0.4, -0.2) is 41.0 Å². The van der Waals surface area contributed by atoms with Crippen LogP contribution in [0.3, 0.4) is 0 Å². The second-order valence-corrected chi connectivity index (χ2v) is 5.86. The number of nitrogens with zero attached hydrogens (tertiary/aromatic N) is 1. The largest absolute Gasteiger partial charge is 0.480 e. The molecule has 1 heterocycles. The molecule has 1 fully saturated rings. The third-order valence-electron chi connectivity index (χ3n) is 3.69. The second-order valence-electron chi connectivity index (χ2n) is 5.45. The number of carbonyl (C=O) groups excluding carboxylic acids is 1. The molecule has 0 saturated carbocycles. The van der Waals surface area contributed by atoms with Crippen molar-refractivity contribution in [3.8, 4) is 0 Å². The lowest BCUT2D eigenvalue weighted by Gasteiger charge is -2.21. The SMILES string of the molecule is Cc1cc(C)c(NC(=O)CN2CCCC2C(=O)O)c(Cl)c1. The third-order valence-corrected chi connectivity index (χ3v) is 3.99. The maximum Gasteiger partial charge on any atom is 0.320 e. The van der Waals surface area contributed by atoms with E-state index in [0.717, 1.165) is 17.5 Å². The summed E-state index contributed by atoms with van der Waals surface area (Å²) >= 11 is 6.15. The van der Waals surface area contributed by atoms with E-state index < -0.39 is 12.0 Å². The Balaban J connectivity index is 2.04. The van der Waals surface area contributed by atoms with E-state index in [0.29, 0.717) is 23.7 Å². The number of halogens is 1.